The molecule has 0 spiro atoms. The molecule has 1 fully saturated rings. The van der Waals surface area contributed by atoms with E-state index in [1.165, 1.54) is 6.42 Å². The number of nitrogens with two attached hydrogens (primary N) is 1. The van der Waals surface area contributed by atoms with Gasteiger partial charge in [0.15, 0.2) is 0 Å². The van der Waals surface area contributed by atoms with E-state index in [0.29, 0.717) is 30.5 Å². The third-order valence-corrected chi connectivity index (χ3v) is 4.05. The smallest absolute Gasteiger partial charge is 0.226 e. The van der Waals surface area contributed by atoms with Crippen LogP contribution in [0.4, 0.5) is 11.4 Å². The van der Waals surface area contributed by atoms with E-state index in [4.69, 9.17) is 10.5 Å². The van der Waals surface area contributed by atoms with Crippen molar-refractivity contribution in [3.8, 4) is 0 Å². The fraction of sp³-hybridized carbons (Fsp3) is 0.588. The second-order valence-corrected chi connectivity index (χ2v) is 6.30. The molecule has 2 rings (SSSR count). The number of hydrogen-bond donors (Lipinski definition) is 2. The summed E-state index contributed by atoms with van der Waals surface area (Å²) in [6.45, 7) is 5.02. The van der Waals surface area contributed by atoms with Crippen molar-refractivity contribution in [2.45, 2.75) is 45.6 Å². The van der Waals surface area contributed by atoms with Crippen molar-refractivity contribution in [2.75, 3.05) is 17.7 Å². The predicted molar refractivity (Wildman–Crippen MR) is 86.0 cm³/mol. The van der Waals surface area contributed by atoms with Gasteiger partial charge in [-0.05, 0) is 43.2 Å². The van der Waals surface area contributed by atoms with Gasteiger partial charge in [-0.2, -0.15) is 0 Å². The topological polar surface area (TPSA) is 64.3 Å². The monoisotopic (exact) mass is 290 g/mol. The molecular weight excluding hydrogens is 264 g/mol. The number of ether oxygens (including phenoxy) is 1. The Morgan fingerprint density at radius 3 is 2.57 bits per heavy atom. The van der Waals surface area contributed by atoms with Crippen molar-refractivity contribution in [3.63, 3.8) is 0 Å². The van der Waals surface area contributed by atoms with Gasteiger partial charge in [0.05, 0.1) is 30.5 Å². The Labute approximate surface area is 127 Å². The second kappa shape index (κ2) is 7.46. The van der Waals surface area contributed by atoms with Crippen molar-refractivity contribution in [1.29, 1.82) is 0 Å². The fourth-order valence-corrected chi connectivity index (χ4v) is 3.15. The first-order valence-electron chi connectivity index (χ1n) is 7.80. The molecule has 0 heterocycles. The van der Waals surface area contributed by atoms with Crippen LogP contribution in [-0.2, 0) is 9.53 Å². The molecule has 0 bridgehead atoms. The van der Waals surface area contributed by atoms with E-state index in [1.54, 1.807) is 12.1 Å². The van der Waals surface area contributed by atoms with Crippen LogP contribution in [0.3, 0.4) is 0 Å². The highest BCUT2D eigenvalue weighted by atomic mass is 16.5. The number of amides is 1. The molecule has 1 amide bonds. The second-order valence-electron chi connectivity index (χ2n) is 6.30. The van der Waals surface area contributed by atoms with Gasteiger partial charge in [0, 0.05) is 0 Å². The van der Waals surface area contributed by atoms with Crippen LogP contribution in [0.1, 0.15) is 39.5 Å². The minimum atomic E-state index is -0.0511. The van der Waals surface area contributed by atoms with Gasteiger partial charge in [-0.25, -0.2) is 0 Å². The van der Waals surface area contributed by atoms with Crippen molar-refractivity contribution in [1.82, 2.24) is 0 Å². The summed E-state index contributed by atoms with van der Waals surface area (Å²) in [5, 5.41) is 2.82. The van der Waals surface area contributed by atoms with Crippen LogP contribution in [0.5, 0.6) is 0 Å². The first kappa shape index (κ1) is 15.8. The number of para-hydroxylation sites is 2. The Kier molecular flexibility index (Phi) is 5.62. The maximum Gasteiger partial charge on any atom is 0.226 e. The van der Waals surface area contributed by atoms with Gasteiger partial charge >= 0.3 is 0 Å². The molecule has 1 aromatic rings. The molecule has 1 saturated carbocycles. The van der Waals surface area contributed by atoms with Crippen LogP contribution in [-0.4, -0.2) is 18.6 Å². The van der Waals surface area contributed by atoms with Gasteiger partial charge in [0.25, 0.3) is 0 Å². The summed E-state index contributed by atoms with van der Waals surface area (Å²) >= 11 is 0. The largest absolute Gasteiger partial charge is 0.397 e. The van der Waals surface area contributed by atoms with E-state index in [0.717, 1.165) is 24.7 Å². The van der Waals surface area contributed by atoms with E-state index in [-0.39, 0.29) is 5.91 Å². The number of hydrogen-bond acceptors (Lipinski definition) is 3. The Bertz CT molecular complexity index is 466. The van der Waals surface area contributed by atoms with Crippen molar-refractivity contribution in [3.05, 3.63) is 24.3 Å². The summed E-state index contributed by atoms with van der Waals surface area (Å²) in [6.07, 6.45) is 4.18. The minimum Gasteiger partial charge on any atom is -0.397 e. The molecule has 3 N–H and O–H groups in total. The van der Waals surface area contributed by atoms with Crippen LogP contribution >= 0.6 is 0 Å². The lowest BCUT2D eigenvalue weighted by atomic mass is 9.82. The summed E-state index contributed by atoms with van der Waals surface area (Å²) in [6, 6.07) is 7.28. The maximum absolute atomic E-state index is 11.9. The highest BCUT2D eigenvalue weighted by Gasteiger charge is 2.24. The number of nitrogen functional groups attached to an aromatic ring is 1. The highest BCUT2D eigenvalue weighted by Crippen LogP contribution is 2.30. The highest BCUT2D eigenvalue weighted by molar-refractivity contribution is 5.93. The molecule has 21 heavy (non-hydrogen) atoms. The summed E-state index contributed by atoms with van der Waals surface area (Å²) in [5.41, 5.74) is 7.05. The quantitative estimate of drug-likeness (QED) is 0.816. The zero-order valence-electron chi connectivity index (χ0n) is 13.0. The molecule has 0 saturated heterocycles. The van der Waals surface area contributed by atoms with Crippen LogP contribution < -0.4 is 11.1 Å². The van der Waals surface area contributed by atoms with E-state index >= 15 is 0 Å². The van der Waals surface area contributed by atoms with Gasteiger partial charge in [-0.15, -0.1) is 0 Å². The summed E-state index contributed by atoms with van der Waals surface area (Å²) in [5.74, 6) is 1.39. The molecule has 116 valence electrons. The van der Waals surface area contributed by atoms with Gasteiger partial charge in [-0.3, -0.25) is 4.79 Å². The molecule has 4 heteroatoms. The predicted octanol–water partition coefficient (Wildman–Crippen LogP) is 3.44. The number of carbonyl (C=O) groups is 1. The average molecular weight is 290 g/mol. The molecule has 1 aliphatic rings. The molecule has 0 aromatic heterocycles. The Balaban J connectivity index is 1.71. The third-order valence-electron chi connectivity index (χ3n) is 4.05. The normalized spacial score (nSPS) is 25.5. The number of anilines is 2. The van der Waals surface area contributed by atoms with Crippen molar-refractivity contribution < 1.29 is 9.53 Å². The summed E-state index contributed by atoms with van der Waals surface area (Å²) in [4.78, 5) is 11.9. The summed E-state index contributed by atoms with van der Waals surface area (Å²) in [7, 11) is 0. The van der Waals surface area contributed by atoms with Crippen LogP contribution in [0.15, 0.2) is 24.3 Å². The molecule has 2 unspecified atom stereocenters. The van der Waals surface area contributed by atoms with Crippen LogP contribution in [0.25, 0.3) is 0 Å². The Morgan fingerprint density at radius 2 is 1.90 bits per heavy atom. The minimum absolute atomic E-state index is 0.0511. The van der Waals surface area contributed by atoms with Crippen molar-refractivity contribution >= 4 is 17.3 Å². The van der Waals surface area contributed by atoms with E-state index in [1.807, 2.05) is 12.1 Å². The van der Waals surface area contributed by atoms with Gasteiger partial charge < -0.3 is 15.8 Å². The van der Waals surface area contributed by atoms with Gasteiger partial charge in [0.1, 0.15) is 0 Å². The maximum atomic E-state index is 11.9. The number of carbonyl (C=O) groups excluding carboxylic acids is 1. The fourth-order valence-electron chi connectivity index (χ4n) is 3.15. The first-order valence-corrected chi connectivity index (χ1v) is 7.80. The molecule has 1 aromatic carbocycles. The van der Waals surface area contributed by atoms with Gasteiger partial charge in [0.2, 0.25) is 5.91 Å². The van der Waals surface area contributed by atoms with Crippen molar-refractivity contribution in [2.24, 2.45) is 11.8 Å². The lowest BCUT2D eigenvalue weighted by Crippen LogP contribution is -2.27. The SMILES string of the molecule is CC1CC(C)CC(OCCC(=O)Nc2ccccc2N)C1. The van der Waals surface area contributed by atoms with Crippen LogP contribution in [0.2, 0.25) is 0 Å². The molecular formula is C17H26N2O2. The molecule has 2 atom stereocenters. The zero-order valence-corrected chi connectivity index (χ0v) is 13.0. The molecule has 1 aliphatic carbocycles. The molecule has 0 aliphatic heterocycles. The molecule has 0 radical (unpaired) electrons. The number of rotatable bonds is 5. The lowest BCUT2D eigenvalue weighted by Gasteiger charge is -2.31. The standard InChI is InChI=1S/C17H26N2O2/c1-12-9-13(2)11-14(10-12)21-8-7-17(20)19-16-6-4-3-5-15(16)18/h3-6,12-14H,7-11,18H2,1-2H3,(H,19,20). The Hall–Kier alpha value is -1.55. The van der Waals surface area contributed by atoms with E-state index in [2.05, 4.69) is 19.2 Å². The third kappa shape index (κ3) is 5.05. The first-order chi connectivity index (χ1) is 10.0. The van der Waals surface area contributed by atoms with Crippen LogP contribution in [0, 0.1) is 11.8 Å². The summed E-state index contributed by atoms with van der Waals surface area (Å²) < 4.78 is 5.87. The Morgan fingerprint density at radius 1 is 1.24 bits per heavy atom. The van der Waals surface area contributed by atoms with E-state index in [9.17, 15) is 4.79 Å². The zero-order chi connectivity index (χ0) is 15.2. The number of benzene rings is 1. The molecule has 4 nitrogen and oxygen atoms in total. The van der Waals surface area contributed by atoms with E-state index < -0.39 is 0 Å². The number of nitrogens with one attached hydrogen (secondary N) is 1. The van der Waals surface area contributed by atoms with Gasteiger partial charge in [-0.1, -0.05) is 26.0 Å². The average Bonchev–Trinajstić information content (AvgIpc) is 2.40. The lowest BCUT2D eigenvalue weighted by molar-refractivity contribution is -0.118.